The third kappa shape index (κ3) is 5.17. The van der Waals surface area contributed by atoms with Gasteiger partial charge in [0.25, 0.3) is 0 Å². The Balaban J connectivity index is 3.35. The molecule has 0 aromatic heterocycles. The van der Waals surface area contributed by atoms with Crippen molar-refractivity contribution in [2.24, 2.45) is 0 Å². The van der Waals surface area contributed by atoms with Crippen LogP contribution < -0.4 is 4.74 Å². The molecule has 180 valence electrons. The summed E-state index contributed by atoms with van der Waals surface area (Å²) in [7, 11) is 0. The maximum absolute atomic E-state index is 14.0. The molecule has 1 N–H and O–H groups in total. The molecule has 2 nitrogen and oxygen atoms in total. The number of hydrogen-bond donors (Lipinski definition) is 1. The molecule has 0 fully saturated rings. The minimum atomic E-state index is -7.52. The number of ether oxygens (including phenoxy) is 1. The highest BCUT2D eigenvalue weighted by Crippen LogP contribution is 2.59. The van der Waals surface area contributed by atoms with Gasteiger partial charge in [0.2, 0.25) is 0 Å². The third-order valence-corrected chi connectivity index (χ3v) is 4.05. The lowest BCUT2D eigenvalue weighted by Gasteiger charge is -2.39. The van der Waals surface area contributed by atoms with Gasteiger partial charge in [-0.3, -0.25) is 0 Å². The van der Waals surface area contributed by atoms with E-state index in [9.17, 15) is 53.4 Å². The van der Waals surface area contributed by atoms with Gasteiger partial charge in [-0.1, -0.05) is 12.1 Å². The Morgan fingerprint density at radius 2 is 1.23 bits per heavy atom. The average molecular weight is 476 g/mol. The van der Waals surface area contributed by atoms with Gasteiger partial charge in [-0.15, -0.1) is 0 Å². The Kier molecular flexibility index (Phi) is 6.73. The summed E-state index contributed by atoms with van der Waals surface area (Å²) in [6, 6.07) is 4.25. The highest BCUT2D eigenvalue weighted by molar-refractivity contribution is 5.33. The number of hydrogen-bond acceptors (Lipinski definition) is 2. The SMILES string of the molecule is CC(C)(C)Oc1cccc(C(C)(O)CC(F)(F)C(F)(F)C(F)(F)C(F)(F)C(F)(F)F)c1. The molecular weight excluding hydrogens is 457 g/mol. The fraction of sp³-hybridized carbons (Fsp3) is 0.667. The van der Waals surface area contributed by atoms with E-state index in [-0.39, 0.29) is 5.75 Å². The lowest BCUT2D eigenvalue weighted by atomic mass is 9.85. The molecule has 1 aromatic rings. The van der Waals surface area contributed by atoms with Gasteiger partial charge in [0.1, 0.15) is 11.4 Å². The summed E-state index contributed by atoms with van der Waals surface area (Å²) >= 11 is 0. The van der Waals surface area contributed by atoms with Crippen LogP contribution in [0.3, 0.4) is 0 Å². The molecule has 31 heavy (non-hydrogen) atoms. The van der Waals surface area contributed by atoms with Crippen LogP contribution in [0.4, 0.5) is 48.3 Å². The van der Waals surface area contributed by atoms with Gasteiger partial charge in [-0.25, -0.2) is 0 Å². The fourth-order valence-corrected chi connectivity index (χ4v) is 2.50. The molecule has 0 bridgehead atoms. The first-order chi connectivity index (χ1) is 13.4. The first-order valence-electron chi connectivity index (χ1n) is 8.49. The number of rotatable bonds is 7. The largest absolute Gasteiger partial charge is 0.488 e. The molecule has 0 amide bonds. The average Bonchev–Trinajstić information content (AvgIpc) is 2.50. The van der Waals surface area contributed by atoms with Crippen molar-refractivity contribution in [1.29, 1.82) is 0 Å². The molecule has 0 radical (unpaired) electrons. The second-order valence-corrected chi connectivity index (χ2v) is 8.12. The van der Waals surface area contributed by atoms with Gasteiger partial charge < -0.3 is 9.84 Å². The van der Waals surface area contributed by atoms with E-state index >= 15 is 0 Å². The standard InChI is InChI=1S/C18H19F11O2/c1-12(2,3)31-11-7-5-6-10(8-11)13(4,30)9-14(19,20)15(21,22)16(23,24)17(25,26)18(27,28)29/h5-8,30H,9H2,1-4H3. The molecule has 0 heterocycles. The van der Waals surface area contributed by atoms with Crippen LogP contribution in [0.25, 0.3) is 0 Å². The van der Waals surface area contributed by atoms with E-state index < -0.39 is 53.1 Å². The monoisotopic (exact) mass is 476 g/mol. The first-order valence-corrected chi connectivity index (χ1v) is 8.49. The van der Waals surface area contributed by atoms with Crippen LogP contribution in [0.5, 0.6) is 5.75 Å². The molecule has 1 rings (SSSR count). The zero-order valence-electron chi connectivity index (χ0n) is 16.5. The van der Waals surface area contributed by atoms with Crippen molar-refractivity contribution in [3.05, 3.63) is 29.8 Å². The van der Waals surface area contributed by atoms with Crippen LogP contribution in [0, 0.1) is 0 Å². The molecule has 0 aliphatic heterocycles. The second-order valence-electron chi connectivity index (χ2n) is 8.12. The summed E-state index contributed by atoms with van der Waals surface area (Å²) in [5.74, 6) is -28.4. The van der Waals surface area contributed by atoms with Crippen molar-refractivity contribution in [3.8, 4) is 5.75 Å². The molecule has 13 heteroatoms. The highest BCUT2D eigenvalue weighted by Gasteiger charge is 2.87. The van der Waals surface area contributed by atoms with Crippen molar-refractivity contribution in [3.63, 3.8) is 0 Å². The molecule has 0 saturated carbocycles. The van der Waals surface area contributed by atoms with E-state index in [0.29, 0.717) is 6.92 Å². The summed E-state index contributed by atoms with van der Waals surface area (Å²) in [5.41, 5.74) is -4.43. The predicted molar refractivity (Wildman–Crippen MR) is 86.9 cm³/mol. The molecule has 1 aromatic carbocycles. The number of aliphatic hydroxyl groups is 1. The number of halogens is 11. The van der Waals surface area contributed by atoms with Gasteiger partial charge in [-0.05, 0) is 45.4 Å². The van der Waals surface area contributed by atoms with Crippen molar-refractivity contribution in [2.45, 2.75) is 75.2 Å². The van der Waals surface area contributed by atoms with Crippen LogP contribution in [0.15, 0.2) is 24.3 Å². The molecule has 0 aliphatic carbocycles. The van der Waals surface area contributed by atoms with Crippen molar-refractivity contribution in [1.82, 2.24) is 0 Å². The van der Waals surface area contributed by atoms with Crippen LogP contribution in [0.1, 0.15) is 39.7 Å². The Morgan fingerprint density at radius 1 is 0.742 bits per heavy atom. The summed E-state index contributed by atoms with van der Waals surface area (Å²) < 4.78 is 150. The van der Waals surface area contributed by atoms with Crippen molar-refractivity contribution in [2.75, 3.05) is 0 Å². The van der Waals surface area contributed by atoms with Gasteiger partial charge in [-0.2, -0.15) is 48.3 Å². The zero-order chi connectivity index (χ0) is 24.9. The van der Waals surface area contributed by atoms with Crippen LogP contribution >= 0.6 is 0 Å². The Morgan fingerprint density at radius 3 is 1.65 bits per heavy atom. The molecule has 1 unspecified atom stereocenters. The topological polar surface area (TPSA) is 29.5 Å². The van der Waals surface area contributed by atoms with E-state index in [1.165, 1.54) is 6.07 Å². The van der Waals surface area contributed by atoms with Gasteiger partial charge >= 0.3 is 29.9 Å². The van der Waals surface area contributed by atoms with E-state index in [0.717, 1.165) is 18.2 Å². The summed E-state index contributed by atoms with van der Waals surface area (Å²) in [4.78, 5) is 0. The molecular formula is C18H19F11O2. The third-order valence-electron chi connectivity index (χ3n) is 4.05. The van der Waals surface area contributed by atoms with Crippen LogP contribution in [-0.2, 0) is 5.60 Å². The molecule has 0 aliphatic rings. The molecule has 0 spiro atoms. The first kappa shape index (κ1) is 27.2. The zero-order valence-corrected chi connectivity index (χ0v) is 16.5. The fourth-order valence-electron chi connectivity index (χ4n) is 2.50. The minimum absolute atomic E-state index is 0.0470. The lowest BCUT2D eigenvalue weighted by Crippen LogP contribution is -2.67. The molecule has 0 saturated heterocycles. The number of alkyl halides is 11. The summed E-state index contributed by atoms with van der Waals surface area (Å²) in [5, 5.41) is 10.2. The van der Waals surface area contributed by atoms with Crippen LogP contribution in [-0.4, -0.2) is 40.6 Å². The highest BCUT2D eigenvalue weighted by atomic mass is 19.4. The lowest BCUT2D eigenvalue weighted by molar-refractivity contribution is -0.424. The van der Waals surface area contributed by atoms with Crippen LogP contribution in [0.2, 0.25) is 0 Å². The number of benzene rings is 1. The van der Waals surface area contributed by atoms with Gasteiger partial charge in [0.15, 0.2) is 0 Å². The van der Waals surface area contributed by atoms with Gasteiger partial charge in [0.05, 0.1) is 12.0 Å². The van der Waals surface area contributed by atoms with E-state index in [4.69, 9.17) is 4.74 Å². The van der Waals surface area contributed by atoms with E-state index in [2.05, 4.69) is 0 Å². The Bertz CT molecular complexity index is 777. The van der Waals surface area contributed by atoms with Crippen molar-refractivity contribution < 1.29 is 58.1 Å². The Labute approximate surface area is 170 Å². The summed E-state index contributed by atoms with van der Waals surface area (Å²) in [6.45, 7) is 5.22. The second kappa shape index (κ2) is 7.66. The quantitative estimate of drug-likeness (QED) is 0.452. The summed E-state index contributed by atoms with van der Waals surface area (Å²) in [6.07, 6.45) is -9.84. The minimum Gasteiger partial charge on any atom is -0.488 e. The Hall–Kier alpha value is -1.79. The maximum atomic E-state index is 14.0. The normalized spacial score (nSPS) is 16.8. The van der Waals surface area contributed by atoms with E-state index in [1.807, 2.05) is 0 Å². The predicted octanol–water partition coefficient (Wildman–Crippen LogP) is 6.57. The van der Waals surface area contributed by atoms with Gasteiger partial charge in [0, 0.05) is 0 Å². The molecule has 1 atom stereocenters. The maximum Gasteiger partial charge on any atom is 0.460 e. The smallest absolute Gasteiger partial charge is 0.460 e. The van der Waals surface area contributed by atoms with E-state index in [1.54, 1.807) is 20.8 Å². The van der Waals surface area contributed by atoms with Crippen molar-refractivity contribution >= 4 is 0 Å².